The Morgan fingerprint density at radius 2 is 2.18 bits per heavy atom. The minimum atomic E-state index is -3.66. The van der Waals surface area contributed by atoms with Crippen LogP contribution < -0.4 is 0 Å². The Labute approximate surface area is 66.0 Å². The quantitative estimate of drug-likeness (QED) is 0.463. The van der Waals surface area contributed by atoms with Crippen molar-refractivity contribution in [1.29, 1.82) is 0 Å². The van der Waals surface area contributed by atoms with E-state index in [2.05, 4.69) is 10.8 Å². The van der Waals surface area contributed by atoms with Crippen LogP contribution in [0.1, 0.15) is 13.3 Å². The minimum Gasteiger partial charge on any atom is -0.346 e. The first kappa shape index (κ1) is 10.2. The molecular formula is C6H10O4S. The van der Waals surface area contributed by atoms with Crippen LogP contribution in [-0.4, -0.2) is 20.1 Å². The van der Waals surface area contributed by atoms with Gasteiger partial charge in [0.1, 0.15) is 0 Å². The van der Waals surface area contributed by atoms with Gasteiger partial charge in [-0.3, -0.25) is 4.79 Å². The van der Waals surface area contributed by atoms with Crippen LogP contribution in [0.15, 0.2) is 12.7 Å². The minimum absolute atomic E-state index is 0.198. The number of allylic oxidation sites excluding steroid dienone is 1. The van der Waals surface area contributed by atoms with Gasteiger partial charge in [-0.25, -0.2) is 0 Å². The van der Waals surface area contributed by atoms with E-state index in [-0.39, 0.29) is 12.2 Å². The van der Waals surface area contributed by atoms with Gasteiger partial charge in [-0.2, -0.15) is 8.42 Å². The molecule has 0 radical (unpaired) electrons. The second kappa shape index (κ2) is 4.12. The summed E-state index contributed by atoms with van der Waals surface area (Å²) in [5, 5.41) is 0. The van der Waals surface area contributed by atoms with Gasteiger partial charge in [0.15, 0.2) is 0 Å². The van der Waals surface area contributed by atoms with Gasteiger partial charge in [0.2, 0.25) is 0 Å². The lowest BCUT2D eigenvalue weighted by molar-refractivity contribution is -0.131. The predicted molar refractivity (Wildman–Crippen MR) is 40.4 cm³/mol. The fourth-order valence-corrected chi connectivity index (χ4v) is 1.34. The van der Waals surface area contributed by atoms with E-state index in [1.54, 1.807) is 0 Å². The van der Waals surface area contributed by atoms with Crippen LogP contribution in [0.25, 0.3) is 0 Å². The SMILES string of the molecule is C=CCCS(=O)(=O)OC(C)=O. The van der Waals surface area contributed by atoms with Gasteiger partial charge in [-0.05, 0) is 6.42 Å². The van der Waals surface area contributed by atoms with Crippen molar-refractivity contribution in [1.82, 2.24) is 0 Å². The lowest BCUT2D eigenvalue weighted by Crippen LogP contribution is -2.13. The van der Waals surface area contributed by atoms with Crippen LogP contribution in [0.2, 0.25) is 0 Å². The molecule has 0 saturated heterocycles. The fraction of sp³-hybridized carbons (Fsp3) is 0.500. The van der Waals surface area contributed by atoms with Gasteiger partial charge in [0.05, 0.1) is 5.75 Å². The maximum absolute atomic E-state index is 10.7. The average Bonchev–Trinajstić information content (AvgIpc) is 1.81. The summed E-state index contributed by atoms with van der Waals surface area (Å²) >= 11 is 0. The molecule has 0 heterocycles. The highest BCUT2D eigenvalue weighted by atomic mass is 32.2. The first-order valence-corrected chi connectivity index (χ1v) is 4.59. The summed E-state index contributed by atoms with van der Waals surface area (Å²) in [5.41, 5.74) is 0. The maximum Gasteiger partial charge on any atom is 0.319 e. The van der Waals surface area contributed by atoms with Crippen molar-refractivity contribution in [2.45, 2.75) is 13.3 Å². The topological polar surface area (TPSA) is 60.4 Å². The molecule has 0 aromatic carbocycles. The van der Waals surface area contributed by atoms with E-state index in [9.17, 15) is 13.2 Å². The van der Waals surface area contributed by atoms with Gasteiger partial charge < -0.3 is 4.18 Å². The van der Waals surface area contributed by atoms with Gasteiger partial charge >= 0.3 is 16.1 Å². The molecule has 0 N–H and O–H groups in total. The van der Waals surface area contributed by atoms with Crippen LogP contribution in [-0.2, 0) is 19.1 Å². The Balaban J connectivity index is 4.02. The van der Waals surface area contributed by atoms with Gasteiger partial charge in [-0.15, -0.1) is 6.58 Å². The summed E-state index contributed by atoms with van der Waals surface area (Å²) < 4.78 is 25.4. The monoisotopic (exact) mass is 178 g/mol. The Morgan fingerprint density at radius 3 is 2.55 bits per heavy atom. The van der Waals surface area contributed by atoms with E-state index in [0.717, 1.165) is 6.92 Å². The lowest BCUT2D eigenvalue weighted by atomic mass is 10.5. The molecular weight excluding hydrogens is 168 g/mol. The van der Waals surface area contributed by atoms with Crippen LogP contribution in [0.3, 0.4) is 0 Å². The zero-order valence-corrected chi connectivity index (χ0v) is 7.06. The molecule has 0 aromatic rings. The molecule has 0 aliphatic rings. The predicted octanol–water partition coefficient (Wildman–Crippen LogP) is 0.455. The molecule has 0 unspecified atom stereocenters. The molecule has 0 saturated carbocycles. The lowest BCUT2D eigenvalue weighted by Gasteiger charge is -1.99. The molecule has 5 heteroatoms. The highest BCUT2D eigenvalue weighted by Crippen LogP contribution is 1.96. The molecule has 4 nitrogen and oxygen atoms in total. The Morgan fingerprint density at radius 1 is 1.64 bits per heavy atom. The fourth-order valence-electron chi connectivity index (χ4n) is 0.448. The molecule has 0 aromatic heterocycles. The van der Waals surface area contributed by atoms with Gasteiger partial charge in [-0.1, -0.05) is 6.08 Å². The van der Waals surface area contributed by atoms with Crippen molar-refractivity contribution in [3.05, 3.63) is 12.7 Å². The Kier molecular flexibility index (Phi) is 3.81. The van der Waals surface area contributed by atoms with Crippen molar-refractivity contribution in [2.75, 3.05) is 5.75 Å². The van der Waals surface area contributed by atoms with Crippen LogP contribution in [0.4, 0.5) is 0 Å². The van der Waals surface area contributed by atoms with Crippen LogP contribution in [0.5, 0.6) is 0 Å². The standard InChI is InChI=1S/C6H10O4S/c1-3-4-5-11(8,9)10-6(2)7/h3H,1,4-5H2,2H3. The van der Waals surface area contributed by atoms with Crippen molar-refractivity contribution in [2.24, 2.45) is 0 Å². The molecule has 0 rings (SSSR count). The van der Waals surface area contributed by atoms with Crippen molar-refractivity contribution in [3.8, 4) is 0 Å². The van der Waals surface area contributed by atoms with Gasteiger partial charge in [0, 0.05) is 6.92 Å². The molecule has 0 atom stereocenters. The summed E-state index contributed by atoms with van der Waals surface area (Å²) in [7, 11) is -3.66. The summed E-state index contributed by atoms with van der Waals surface area (Å²) in [6, 6.07) is 0. The summed E-state index contributed by atoms with van der Waals surface area (Å²) in [6.07, 6.45) is 1.73. The van der Waals surface area contributed by atoms with E-state index < -0.39 is 16.1 Å². The number of carbonyl (C=O) groups excluding carboxylic acids is 1. The van der Waals surface area contributed by atoms with E-state index in [0.29, 0.717) is 0 Å². The zero-order valence-electron chi connectivity index (χ0n) is 6.24. The van der Waals surface area contributed by atoms with Crippen molar-refractivity contribution < 1.29 is 17.4 Å². The van der Waals surface area contributed by atoms with E-state index in [4.69, 9.17) is 0 Å². The number of hydrogen-bond acceptors (Lipinski definition) is 4. The second-order valence-electron chi connectivity index (χ2n) is 1.91. The summed E-state index contributed by atoms with van der Waals surface area (Å²) in [6.45, 7) is 4.39. The molecule has 64 valence electrons. The molecule has 0 aliphatic carbocycles. The summed E-state index contributed by atoms with van der Waals surface area (Å²) in [5.74, 6) is -1.01. The van der Waals surface area contributed by atoms with E-state index in [1.807, 2.05) is 0 Å². The Bertz CT molecular complexity index is 239. The molecule has 0 spiro atoms. The number of carbonyl (C=O) groups is 1. The Hall–Kier alpha value is -0.840. The normalized spacial score (nSPS) is 10.6. The third kappa shape index (κ3) is 5.60. The molecule has 0 bridgehead atoms. The van der Waals surface area contributed by atoms with Crippen molar-refractivity contribution in [3.63, 3.8) is 0 Å². The third-order valence-electron chi connectivity index (χ3n) is 0.816. The smallest absolute Gasteiger partial charge is 0.319 e. The van der Waals surface area contributed by atoms with Gasteiger partial charge in [0.25, 0.3) is 0 Å². The second-order valence-corrected chi connectivity index (χ2v) is 3.60. The number of hydrogen-bond donors (Lipinski definition) is 0. The first-order chi connectivity index (χ1) is 4.98. The van der Waals surface area contributed by atoms with Crippen LogP contribution in [0, 0.1) is 0 Å². The average molecular weight is 178 g/mol. The van der Waals surface area contributed by atoms with Crippen molar-refractivity contribution >= 4 is 16.1 Å². The highest BCUT2D eigenvalue weighted by molar-refractivity contribution is 7.87. The maximum atomic E-state index is 10.7. The molecule has 0 aliphatic heterocycles. The molecule has 11 heavy (non-hydrogen) atoms. The highest BCUT2D eigenvalue weighted by Gasteiger charge is 2.11. The molecule has 0 fully saturated rings. The first-order valence-electron chi connectivity index (χ1n) is 3.01. The largest absolute Gasteiger partial charge is 0.346 e. The zero-order chi connectivity index (χ0) is 8.91. The summed E-state index contributed by atoms with van der Waals surface area (Å²) in [4.78, 5) is 10.2. The van der Waals surface area contributed by atoms with E-state index in [1.165, 1.54) is 6.08 Å². The number of rotatable bonds is 4. The van der Waals surface area contributed by atoms with E-state index >= 15 is 0 Å². The third-order valence-corrected chi connectivity index (χ3v) is 2.04. The van der Waals surface area contributed by atoms with Crippen LogP contribution >= 0.6 is 0 Å². The molecule has 0 amide bonds.